The number of nitrogens with one attached hydrogen (secondary N) is 1. The van der Waals surface area contributed by atoms with Crippen molar-refractivity contribution in [2.45, 2.75) is 77.8 Å². The number of furan rings is 1. The van der Waals surface area contributed by atoms with Crippen LogP contribution in [0.4, 0.5) is 0 Å². The van der Waals surface area contributed by atoms with Crippen molar-refractivity contribution in [2.75, 3.05) is 13.2 Å². The third-order valence-corrected chi connectivity index (χ3v) is 8.36. The number of amides is 1. The molecule has 0 bridgehead atoms. The number of hydrogen-bond acceptors (Lipinski definition) is 14. The van der Waals surface area contributed by atoms with E-state index in [-0.39, 0.29) is 18.9 Å². The average molecular weight is 760 g/mol. The van der Waals surface area contributed by atoms with Crippen LogP contribution in [-0.4, -0.2) is 79.6 Å². The predicted molar refractivity (Wildman–Crippen MR) is 191 cm³/mol. The lowest BCUT2D eigenvalue weighted by Crippen LogP contribution is -2.63. The highest BCUT2D eigenvalue weighted by Gasteiger charge is 2.53. The van der Waals surface area contributed by atoms with Crippen LogP contribution in [0.3, 0.4) is 0 Å². The maximum absolute atomic E-state index is 12.7. The number of carbonyl (C=O) groups is 6. The van der Waals surface area contributed by atoms with Crippen LogP contribution in [0.5, 0.6) is 5.75 Å². The zero-order valence-corrected chi connectivity index (χ0v) is 30.6. The van der Waals surface area contributed by atoms with E-state index in [1.807, 2.05) is 30.3 Å². The fourth-order valence-electron chi connectivity index (χ4n) is 5.96. The monoisotopic (exact) mass is 759 g/mol. The lowest BCUT2D eigenvalue weighted by molar-refractivity contribution is -0.288. The molecule has 0 radical (unpaired) electrons. The van der Waals surface area contributed by atoms with Crippen LogP contribution >= 0.6 is 0 Å². The van der Waals surface area contributed by atoms with Gasteiger partial charge in [0.2, 0.25) is 12.4 Å². The van der Waals surface area contributed by atoms with Gasteiger partial charge in [-0.25, -0.2) is 0 Å². The number of fused-ring (bicyclic) bond motifs is 1. The number of hydrogen-bond donors (Lipinski definition) is 1. The Kier molecular flexibility index (Phi) is 13.6. The van der Waals surface area contributed by atoms with Gasteiger partial charge >= 0.3 is 29.8 Å². The Morgan fingerprint density at radius 3 is 2.02 bits per heavy atom. The minimum absolute atomic E-state index is 0.111. The van der Waals surface area contributed by atoms with E-state index in [0.29, 0.717) is 29.4 Å². The fourth-order valence-corrected chi connectivity index (χ4v) is 5.96. The zero-order chi connectivity index (χ0) is 39.5. The van der Waals surface area contributed by atoms with Gasteiger partial charge in [0.05, 0.1) is 11.6 Å². The third kappa shape index (κ3) is 11.1. The second-order valence-electron chi connectivity index (χ2n) is 12.6. The Bertz CT molecular complexity index is 1990. The van der Waals surface area contributed by atoms with Crippen LogP contribution in [0.25, 0.3) is 11.0 Å². The van der Waals surface area contributed by atoms with Crippen molar-refractivity contribution in [3.8, 4) is 5.75 Å². The topological polar surface area (TPSA) is 192 Å². The first-order chi connectivity index (χ1) is 26.4. The summed E-state index contributed by atoms with van der Waals surface area (Å²) in [6.45, 7) is 4.04. The van der Waals surface area contributed by atoms with E-state index in [4.69, 9.17) is 37.6 Å². The standard InChI is InChI=1S/C40H41NO14/c1-23(42)48-22-33-36(51-24(2)43)37(52-25(3)44)38(53-26(4)45)40(55-33)54-32-12-8-11-31-35(32)30(21-49-31)18-15-27-13-16-29(17-14-27)39(47)41-19-34(46)50-20-28-9-6-5-7-10-28/h5-14,16-17,21,33,36-38,40H,15,18-20,22H2,1-4H3,(H,41,47)/t33-,36-,37+,38-,40-/m1/s1. The van der Waals surface area contributed by atoms with Gasteiger partial charge in [0.1, 0.15) is 37.2 Å². The second-order valence-corrected chi connectivity index (χ2v) is 12.6. The average Bonchev–Trinajstić information content (AvgIpc) is 3.57. The molecule has 1 aliphatic rings. The van der Waals surface area contributed by atoms with Crippen molar-refractivity contribution in [1.29, 1.82) is 0 Å². The summed E-state index contributed by atoms with van der Waals surface area (Å²) < 4.78 is 45.2. The quantitative estimate of drug-likeness (QED) is 0.134. The molecular formula is C40H41NO14. The van der Waals surface area contributed by atoms with Gasteiger partial charge in [-0.15, -0.1) is 0 Å². The van der Waals surface area contributed by atoms with Gasteiger partial charge in [-0.1, -0.05) is 48.5 Å². The molecule has 15 nitrogen and oxygen atoms in total. The Labute approximate surface area is 316 Å². The summed E-state index contributed by atoms with van der Waals surface area (Å²) in [7, 11) is 0. The Hall–Kier alpha value is -6.22. The van der Waals surface area contributed by atoms with Gasteiger partial charge in [0, 0.05) is 38.8 Å². The molecular weight excluding hydrogens is 718 g/mol. The van der Waals surface area contributed by atoms with Crippen LogP contribution < -0.4 is 10.1 Å². The van der Waals surface area contributed by atoms with E-state index in [1.54, 1.807) is 48.7 Å². The SMILES string of the molecule is CC(=O)OC[C@H]1O[C@@H](Oc2cccc3occ(CCc4ccc(C(=O)NCC(=O)OCc5ccccc5)cc4)c23)[C@H](OC(C)=O)[C@@H](OC(C)=O)[C@@H]1OC(C)=O. The van der Waals surface area contributed by atoms with Crippen LogP contribution in [0.2, 0.25) is 0 Å². The third-order valence-electron chi connectivity index (χ3n) is 8.36. The molecule has 5 atom stereocenters. The number of aryl methyl sites for hydroxylation is 2. The minimum Gasteiger partial charge on any atom is -0.464 e. The smallest absolute Gasteiger partial charge is 0.325 e. The number of carbonyl (C=O) groups excluding carboxylic acids is 6. The summed E-state index contributed by atoms with van der Waals surface area (Å²) in [6.07, 6.45) is -4.16. The van der Waals surface area contributed by atoms with E-state index >= 15 is 0 Å². The highest BCUT2D eigenvalue weighted by atomic mass is 16.7. The van der Waals surface area contributed by atoms with Gasteiger partial charge in [-0.3, -0.25) is 28.8 Å². The summed E-state index contributed by atoms with van der Waals surface area (Å²) in [6, 6.07) is 21.2. The number of rotatable bonds is 15. The number of esters is 5. The molecule has 1 amide bonds. The summed E-state index contributed by atoms with van der Waals surface area (Å²) in [5.74, 6) is -3.62. The molecule has 0 aliphatic carbocycles. The maximum Gasteiger partial charge on any atom is 0.325 e. The van der Waals surface area contributed by atoms with Gasteiger partial charge in [0.25, 0.3) is 5.91 Å². The minimum atomic E-state index is -1.43. The molecule has 0 spiro atoms. The zero-order valence-electron chi connectivity index (χ0n) is 30.6. The second kappa shape index (κ2) is 18.7. The molecule has 5 rings (SSSR count). The van der Waals surface area contributed by atoms with Gasteiger partial charge in [-0.2, -0.15) is 0 Å². The van der Waals surface area contributed by atoms with E-state index < -0.39 is 73.1 Å². The van der Waals surface area contributed by atoms with Crippen molar-refractivity contribution >= 4 is 46.7 Å². The van der Waals surface area contributed by atoms with Gasteiger partial charge in [-0.05, 0) is 48.2 Å². The fraction of sp³-hybridized carbons (Fsp3) is 0.350. The summed E-state index contributed by atoms with van der Waals surface area (Å²) in [5, 5.41) is 3.16. The van der Waals surface area contributed by atoms with E-state index in [0.717, 1.165) is 37.5 Å². The van der Waals surface area contributed by atoms with Gasteiger partial charge < -0.3 is 42.9 Å². The Balaban J connectivity index is 1.29. The van der Waals surface area contributed by atoms with Crippen molar-refractivity contribution in [2.24, 2.45) is 0 Å². The summed E-state index contributed by atoms with van der Waals surface area (Å²) in [4.78, 5) is 73.1. The Morgan fingerprint density at radius 1 is 0.673 bits per heavy atom. The molecule has 2 heterocycles. The predicted octanol–water partition coefficient (Wildman–Crippen LogP) is 4.15. The largest absolute Gasteiger partial charge is 0.464 e. The molecule has 290 valence electrons. The highest BCUT2D eigenvalue weighted by Crippen LogP contribution is 2.36. The first kappa shape index (κ1) is 40.0. The molecule has 0 saturated carbocycles. The van der Waals surface area contributed by atoms with Crippen LogP contribution in [0.1, 0.15) is 54.7 Å². The molecule has 1 saturated heterocycles. The molecule has 0 unspecified atom stereocenters. The van der Waals surface area contributed by atoms with Crippen molar-refractivity contribution in [1.82, 2.24) is 5.32 Å². The summed E-state index contributed by atoms with van der Waals surface area (Å²) >= 11 is 0. The van der Waals surface area contributed by atoms with Crippen molar-refractivity contribution in [3.05, 3.63) is 101 Å². The first-order valence-electron chi connectivity index (χ1n) is 17.4. The normalized spacial score (nSPS) is 19.1. The lowest BCUT2D eigenvalue weighted by Gasteiger charge is -2.44. The molecule has 55 heavy (non-hydrogen) atoms. The molecule has 4 aromatic rings. The maximum atomic E-state index is 12.7. The molecule has 1 aliphatic heterocycles. The van der Waals surface area contributed by atoms with E-state index in [2.05, 4.69) is 5.32 Å². The van der Waals surface area contributed by atoms with Crippen molar-refractivity contribution < 1.29 is 66.3 Å². The van der Waals surface area contributed by atoms with Crippen LogP contribution in [-0.2, 0) is 71.8 Å². The van der Waals surface area contributed by atoms with Gasteiger partial charge in [0.15, 0.2) is 12.2 Å². The molecule has 1 aromatic heterocycles. The lowest BCUT2D eigenvalue weighted by atomic mass is 9.98. The van der Waals surface area contributed by atoms with Crippen molar-refractivity contribution in [3.63, 3.8) is 0 Å². The molecule has 1 fully saturated rings. The van der Waals surface area contributed by atoms with Crippen LogP contribution in [0, 0.1) is 0 Å². The summed E-state index contributed by atoms with van der Waals surface area (Å²) in [5.41, 5.74) is 3.35. The highest BCUT2D eigenvalue weighted by molar-refractivity contribution is 5.96. The molecule has 15 heteroatoms. The van der Waals surface area contributed by atoms with E-state index in [9.17, 15) is 28.8 Å². The molecule has 3 aromatic carbocycles. The van der Waals surface area contributed by atoms with E-state index in [1.165, 1.54) is 6.92 Å². The number of benzene rings is 3. The van der Waals surface area contributed by atoms with Crippen LogP contribution in [0.15, 0.2) is 83.5 Å². The first-order valence-corrected chi connectivity index (χ1v) is 17.4. The molecule has 1 N–H and O–H groups in total. The number of ether oxygens (including phenoxy) is 7. The Morgan fingerprint density at radius 2 is 1.35 bits per heavy atom.